The minimum Gasteiger partial charge on any atom is -0.337 e. The maximum absolute atomic E-state index is 12.7. The first kappa shape index (κ1) is 22.0. The summed E-state index contributed by atoms with van der Waals surface area (Å²) in [5, 5.41) is 0. The Hall–Kier alpha value is -2.71. The Morgan fingerprint density at radius 2 is 1.77 bits per heavy atom. The zero-order valence-corrected chi connectivity index (χ0v) is 18.1. The number of carbonyl (C=O) groups excluding carboxylic acids is 1. The average Bonchev–Trinajstić information content (AvgIpc) is 2.76. The lowest BCUT2D eigenvalue weighted by Crippen LogP contribution is -2.39. The fourth-order valence-corrected chi connectivity index (χ4v) is 5.03. The molecule has 2 heterocycles. The number of sulfonamides is 1. The van der Waals surface area contributed by atoms with Gasteiger partial charge in [0.25, 0.3) is 5.56 Å². The Balaban J connectivity index is 1.75. The van der Waals surface area contributed by atoms with Crippen molar-refractivity contribution in [1.29, 1.82) is 0 Å². The molecule has 0 N–H and O–H groups in total. The second kappa shape index (κ2) is 9.40. The van der Waals surface area contributed by atoms with Crippen LogP contribution in [0.1, 0.15) is 25.8 Å². The Labute approximate surface area is 177 Å². The van der Waals surface area contributed by atoms with Crippen LogP contribution in [0.2, 0.25) is 0 Å². The molecular weight excluding hydrogens is 402 g/mol. The van der Waals surface area contributed by atoms with Gasteiger partial charge in [0.2, 0.25) is 15.9 Å². The maximum Gasteiger partial charge on any atom is 0.251 e. The van der Waals surface area contributed by atoms with Gasteiger partial charge in [-0.2, -0.15) is 4.31 Å². The largest absolute Gasteiger partial charge is 0.337 e. The minimum atomic E-state index is -3.70. The standard InChI is InChI=1S/C22H27N3O4S/c1-3-25(4-2)30(28,29)20-10-11-21(26)24(16-20)17-22(27)23-14-12-19(13-15-23)18-8-6-5-7-9-18/h5-12,16H,3-4,13-15,17H2,1-2H3. The first-order chi connectivity index (χ1) is 14.4. The number of rotatable bonds is 7. The summed E-state index contributed by atoms with van der Waals surface area (Å²) < 4.78 is 27.9. The van der Waals surface area contributed by atoms with E-state index < -0.39 is 15.6 Å². The van der Waals surface area contributed by atoms with Gasteiger partial charge in [-0.25, -0.2) is 8.42 Å². The van der Waals surface area contributed by atoms with E-state index in [9.17, 15) is 18.0 Å². The summed E-state index contributed by atoms with van der Waals surface area (Å²) in [7, 11) is -3.70. The molecule has 0 saturated carbocycles. The quantitative estimate of drug-likeness (QED) is 0.676. The molecule has 0 saturated heterocycles. The van der Waals surface area contributed by atoms with Gasteiger partial charge in [0.05, 0.1) is 4.90 Å². The predicted octanol–water partition coefficient (Wildman–Crippen LogP) is 2.19. The monoisotopic (exact) mass is 429 g/mol. The molecule has 0 aliphatic carbocycles. The van der Waals surface area contributed by atoms with Crippen molar-refractivity contribution in [3.8, 4) is 0 Å². The van der Waals surface area contributed by atoms with Crippen molar-refractivity contribution < 1.29 is 13.2 Å². The summed E-state index contributed by atoms with van der Waals surface area (Å²) in [6.07, 6.45) is 4.03. The molecule has 1 aliphatic heterocycles. The van der Waals surface area contributed by atoms with Gasteiger partial charge in [0.1, 0.15) is 6.54 Å². The number of pyridine rings is 1. The molecule has 0 atom stereocenters. The number of amides is 1. The molecule has 1 amide bonds. The van der Waals surface area contributed by atoms with Crippen LogP contribution in [0.4, 0.5) is 0 Å². The summed E-state index contributed by atoms with van der Waals surface area (Å²) in [5.74, 6) is -0.210. The highest BCUT2D eigenvalue weighted by molar-refractivity contribution is 7.89. The van der Waals surface area contributed by atoms with E-state index in [1.807, 2.05) is 36.4 Å². The van der Waals surface area contributed by atoms with Crippen LogP contribution in [0.25, 0.3) is 5.57 Å². The van der Waals surface area contributed by atoms with E-state index in [1.54, 1.807) is 18.7 Å². The molecule has 2 aromatic rings. The molecular formula is C22H27N3O4S. The van der Waals surface area contributed by atoms with E-state index in [-0.39, 0.29) is 17.3 Å². The van der Waals surface area contributed by atoms with Crippen molar-refractivity contribution in [3.63, 3.8) is 0 Å². The second-order valence-corrected chi connectivity index (χ2v) is 9.04. The van der Waals surface area contributed by atoms with E-state index >= 15 is 0 Å². The Morgan fingerprint density at radius 1 is 1.07 bits per heavy atom. The molecule has 8 heteroatoms. The third-order valence-electron chi connectivity index (χ3n) is 5.31. The third-order valence-corrected chi connectivity index (χ3v) is 7.34. The second-order valence-electron chi connectivity index (χ2n) is 7.11. The van der Waals surface area contributed by atoms with Gasteiger partial charge < -0.3 is 9.47 Å². The van der Waals surface area contributed by atoms with Gasteiger partial charge in [0.15, 0.2) is 0 Å². The van der Waals surface area contributed by atoms with Crippen molar-refractivity contribution >= 4 is 21.5 Å². The molecule has 7 nitrogen and oxygen atoms in total. The van der Waals surface area contributed by atoms with Crippen molar-refractivity contribution in [2.45, 2.75) is 31.7 Å². The van der Waals surface area contributed by atoms with Crippen LogP contribution in [0, 0.1) is 0 Å². The van der Waals surface area contributed by atoms with Crippen molar-refractivity contribution in [1.82, 2.24) is 13.8 Å². The third kappa shape index (κ3) is 4.71. The maximum atomic E-state index is 12.7. The lowest BCUT2D eigenvalue weighted by atomic mass is 9.99. The van der Waals surface area contributed by atoms with Crippen LogP contribution < -0.4 is 5.56 Å². The van der Waals surface area contributed by atoms with Crippen LogP contribution in [-0.2, 0) is 21.4 Å². The lowest BCUT2D eigenvalue weighted by Gasteiger charge is -2.27. The van der Waals surface area contributed by atoms with Gasteiger partial charge >= 0.3 is 0 Å². The molecule has 1 aliphatic rings. The van der Waals surface area contributed by atoms with E-state index in [0.29, 0.717) is 26.2 Å². The Morgan fingerprint density at radius 3 is 2.37 bits per heavy atom. The molecule has 160 valence electrons. The lowest BCUT2D eigenvalue weighted by molar-refractivity contribution is -0.131. The molecule has 0 bridgehead atoms. The predicted molar refractivity (Wildman–Crippen MR) is 116 cm³/mol. The van der Waals surface area contributed by atoms with E-state index in [4.69, 9.17) is 0 Å². The van der Waals surface area contributed by atoms with Gasteiger partial charge in [-0.1, -0.05) is 50.3 Å². The number of hydrogen-bond acceptors (Lipinski definition) is 4. The van der Waals surface area contributed by atoms with E-state index in [1.165, 1.54) is 32.8 Å². The van der Waals surface area contributed by atoms with E-state index in [0.717, 1.165) is 12.0 Å². The molecule has 0 spiro atoms. The number of aromatic nitrogens is 1. The van der Waals surface area contributed by atoms with Crippen molar-refractivity contribution in [2.24, 2.45) is 0 Å². The van der Waals surface area contributed by atoms with Gasteiger partial charge in [-0.15, -0.1) is 0 Å². The molecule has 30 heavy (non-hydrogen) atoms. The van der Waals surface area contributed by atoms with E-state index in [2.05, 4.69) is 0 Å². The number of nitrogens with zero attached hydrogens (tertiary/aromatic N) is 3. The summed E-state index contributed by atoms with van der Waals surface area (Å²) in [6.45, 7) is 5.03. The highest BCUT2D eigenvalue weighted by atomic mass is 32.2. The van der Waals surface area contributed by atoms with Crippen molar-refractivity contribution in [3.05, 3.63) is 70.7 Å². The molecule has 3 rings (SSSR count). The first-order valence-corrected chi connectivity index (χ1v) is 11.5. The zero-order valence-electron chi connectivity index (χ0n) is 17.3. The summed E-state index contributed by atoms with van der Waals surface area (Å²) >= 11 is 0. The summed E-state index contributed by atoms with van der Waals surface area (Å²) in [4.78, 5) is 26.7. The summed E-state index contributed by atoms with van der Waals surface area (Å²) in [5.41, 5.74) is 1.94. The fourth-order valence-electron chi connectivity index (χ4n) is 3.55. The highest BCUT2D eigenvalue weighted by Gasteiger charge is 2.23. The van der Waals surface area contributed by atoms with Gasteiger partial charge in [-0.05, 0) is 23.6 Å². The van der Waals surface area contributed by atoms with Crippen LogP contribution >= 0.6 is 0 Å². The average molecular weight is 430 g/mol. The minimum absolute atomic E-state index is 0.0171. The highest BCUT2D eigenvalue weighted by Crippen LogP contribution is 2.22. The molecule has 0 unspecified atom stereocenters. The van der Waals surface area contributed by atoms with Crippen LogP contribution in [0.5, 0.6) is 0 Å². The smallest absolute Gasteiger partial charge is 0.251 e. The molecule has 1 aromatic carbocycles. The SMILES string of the molecule is CCN(CC)S(=O)(=O)c1ccc(=O)n(CC(=O)N2CC=C(c3ccccc3)CC2)c1. The normalized spacial score (nSPS) is 14.6. The number of benzene rings is 1. The van der Waals surface area contributed by atoms with Crippen LogP contribution in [0.15, 0.2) is 64.4 Å². The Bertz CT molecular complexity index is 1090. The molecule has 0 radical (unpaired) electrons. The van der Waals surface area contributed by atoms with Crippen molar-refractivity contribution in [2.75, 3.05) is 26.2 Å². The first-order valence-electron chi connectivity index (χ1n) is 10.1. The number of carbonyl (C=O) groups is 1. The number of hydrogen-bond donors (Lipinski definition) is 0. The van der Waals surface area contributed by atoms with Gasteiger partial charge in [0, 0.05) is 38.4 Å². The topological polar surface area (TPSA) is 79.7 Å². The molecule has 1 aromatic heterocycles. The fraction of sp³-hybridized carbons (Fsp3) is 0.364. The van der Waals surface area contributed by atoms with Gasteiger partial charge in [-0.3, -0.25) is 9.59 Å². The Kier molecular flexibility index (Phi) is 6.89. The zero-order chi connectivity index (χ0) is 21.7. The van der Waals surface area contributed by atoms with Crippen LogP contribution in [-0.4, -0.2) is 54.3 Å². The summed E-state index contributed by atoms with van der Waals surface area (Å²) in [6, 6.07) is 12.5. The van der Waals surface area contributed by atoms with Crippen LogP contribution in [0.3, 0.4) is 0 Å². The molecule has 0 fully saturated rings.